The van der Waals surface area contributed by atoms with Crippen LogP contribution in [0.15, 0.2) is 23.5 Å². The fraction of sp³-hybridized carbons (Fsp3) is 0.400. The van der Waals surface area contributed by atoms with E-state index in [2.05, 4.69) is 15.0 Å². The molecule has 0 unspecified atom stereocenters. The van der Waals surface area contributed by atoms with Gasteiger partial charge in [-0.3, -0.25) is 0 Å². The van der Waals surface area contributed by atoms with Crippen LogP contribution in [0.25, 0.3) is 0 Å². The van der Waals surface area contributed by atoms with Crippen LogP contribution in [0.4, 0.5) is 5.82 Å². The third kappa shape index (κ3) is 2.06. The second-order valence-corrected chi connectivity index (χ2v) is 3.46. The fourth-order valence-corrected chi connectivity index (χ4v) is 1.68. The van der Waals surface area contributed by atoms with Gasteiger partial charge in [0, 0.05) is 19.3 Å². The van der Waals surface area contributed by atoms with E-state index in [1.54, 1.807) is 18.3 Å². The number of anilines is 1. The first-order valence-electron chi connectivity index (χ1n) is 5.08. The Hall–Kier alpha value is -1.82. The van der Waals surface area contributed by atoms with E-state index >= 15 is 0 Å². The summed E-state index contributed by atoms with van der Waals surface area (Å²) in [4.78, 5) is 6.34. The molecule has 1 fully saturated rings. The normalized spacial score (nSPS) is 17.5. The zero-order chi connectivity index (χ0) is 11.4. The summed E-state index contributed by atoms with van der Waals surface area (Å²) < 4.78 is 5.27. The van der Waals surface area contributed by atoms with Crippen LogP contribution in [0, 0.1) is 0 Å². The second-order valence-electron chi connectivity index (χ2n) is 3.46. The molecule has 0 bridgehead atoms. The van der Waals surface area contributed by atoms with Crippen molar-refractivity contribution in [3.05, 3.63) is 23.9 Å². The lowest BCUT2D eigenvalue weighted by molar-refractivity contribution is 0.122. The number of oxime groups is 1. The van der Waals surface area contributed by atoms with Crippen molar-refractivity contribution < 1.29 is 9.94 Å². The minimum Gasteiger partial charge on any atom is -0.409 e. The molecule has 1 aliphatic heterocycles. The number of hydrogen-bond acceptors (Lipinski definition) is 5. The number of nitrogens with two attached hydrogens (primary N) is 1. The van der Waals surface area contributed by atoms with Crippen molar-refractivity contribution in [3.8, 4) is 0 Å². The highest BCUT2D eigenvalue weighted by molar-refractivity contribution is 6.01. The van der Waals surface area contributed by atoms with Crippen LogP contribution >= 0.6 is 0 Å². The fourth-order valence-electron chi connectivity index (χ4n) is 1.68. The molecule has 1 aromatic heterocycles. The van der Waals surface area contributed by atoms with E-state index in [0.29, 0.717) is 18.8 Å². The van der Waals surface area contributed by atoms with Crippen LogP contribution in [0.5, 0.6) is 0 Å². The molecule has 86 valence electrons. The Kier molecular flexibility index (Phi) is 3.21. The molecule has 3 N–H and O–H groups in total. The Labute approximate surface area is 93.3 Å². The summed E-state index contributed by atoms with van der Waals surface area (Å²) in [6.45, 7) is 2.88. The first-order valence-corrected chi connectivity index (χ1v) is 5.08. The number of nitrogens with zero attached hydrogens (tertiary/aromatic N) is 3. The van der Waals surface area contributed by atoms with Crippen molar-refractivity contribution in [1.29, 1.82) is 0 Å². The molecule has 1 aliphatic rings. The van der Waals surface area contributed by atoms with Crippen LogP contribution in [-0.2, 0) is 4.74 Å². The van der Waals surface area contributed by atoms with Crippen molar-refractivity contribution in [2.45, 2.75) is 0 Å². The van der Waals surface area contributed by atoms with Gasteiger partial charge in [0.25, 0.3) is 0 Å². The SMILES string of the molecule is N/C(=N\O)c1cccnc1N1CCOCC1. The van der Waals surface area contributed by atoms with Gasteiger partial charge in [-0.05, 0) is 12.1 Å². The van der Waals surface area contributed by atoms with E-state index in [1.165, 1.54) is 0 Å². The van der Waals surface area contributed by atoms with Gasteiger partial charge < -0.3 is 20.6 Å². The molecular formula is C10H14N4O2. The van der Waals surface area contributed by atoms with E-state index < -0.39 is 0 Å². The lowest BCUT2D eigenvalue weighted by Crippen LogP contribution is -2.38. The van der Waals surface area contributed by atoms with E-state index in [4.69, 9.17) is 15.7 Å². The van der Waals surface area contributed by atoms with Crippen LogP contribution in [-0.4, -0.2) is 42.3 Å². The monoisotopic (exact) mass is 222 g/mol. The maximum Gasteiger partial charge on any atom is 0.173 e. The van der Waals surface area contributed by atoms with Gasteiger partial charge in [0.15, 0.2) is 5.84 Å². The highest BCUT2D eigenvalue weighted by Crippen LogP contribution is 2.17. The third-order valence-corrected chi connectivity index (χ3v) is 2.48. The number of aromatic nitrogens is 1. The Balaban J connectivity index is 2.31. The summed E-state index contributed by atoms with van der Waals surface area (Å²) in [6.07, 6.45) is 1.69. The summed E-state index contributed by atoms with van der Waals surface area (Å²) in [7, 11) is 0. The molecule has 0 amide bonds. The molecule has 0 radical (unpaired) electrons. The molecule has 0 aliphatic carbocycles. The molecule has 6 nitrogen and oxygen atoms in total. The maximum absolute atomic E-state index is 8.70. The molecule has 2 heterocycles. The van der Waals surface area contributed by atoms with E-state index in [9.17, 15) is 0 Å². The molecule has 0 saturated carbocycles. The van der Waals surface area contributed by atoms with Gasteiger partial charge in [0.1, 0.15) is 5.82 Å². The average molecular weight is 222 g/mol. The molecule has 0 atom stereocenters. The maximum atomic E-state index is 8.70. The Morgan fingerprint density at radius 1 is 1.50 bits per heavy atom. The lowest BCUT2D eigenvalue weighted by Gasteiger charge is -2.29. The number of morpholine rings is 1. The highest BCUT2D eigenvalue weighted by atomic mass is 16.5. The van der Waals surface area contributed by atoms with Gasteiger partial charge in [-0.1, -0.05) is 5.16 Å². The number of hydrogen-bond donors (Lipinski definition) is 2. The number of pyridine rings is 1. The Morgan fingerprint density at radius 3 is 2.94 bits per heavy atom. The van der Waals surface area contributed by atoms with Gasteiger partial charge in [-0.25, -0.2) is 4.98 Å². The summed E-state index contributed by atoms with van der Waals surface area (Å²) in [5.41, 5.74) is 6.25. The smallest absolute Gasteiger partial charge is 0.173 e. The van der Waals surface area contributed by atoms with E-state index in [1.807, 2.05) is 0 Å². The summed E-state index contributed by atoms with van der Waals surface area (Å²) in [5, 5.41) is 11.7. The standard InChI is InChI=1S/C10H14N4O2/c11-9(13-15)8-2-1-3-12-10(8)14-4-6-16-7-5-14/h1-3,15H,4-7H2,(H2,11,13). The molecule has 0 aromatic carbocycles. The van der Waals surface area contributed by atoms with Gasteiger partial charge in [0.2, 0.25) is 0 Å². The first-order chi connectivity index (χ1) is 7.83. The van der Waals surface area contributed by atoms with Crippen LogP contribution in [0.3, 0.4) is 0 Å². The van der Waals surface area contributed by atoms with Crippen molar-refractivity contribution >= 4 is 11.7 Å². The zero-order valence-electron chi connectivity index (χ0n) is 8.83. The summed E-state index contributed by atoms with van der Waals surface area (Å²) >= 11 is 0. The quantitative estimate of drug-likeness (QED) is 0.319. The van der Waals surface area contributed by atoms with Crippen LogP contribution < -0.4 is 10.6 Å². The lowest BCUT2D eigenvalue weighted by atomic mass is 10.2. The van der Waals surface area contributed by atoms with E-state index in [-0.39, 0.29) is 5.84 Å². The predicted molar refractivity (Wildman–Crippen MR) is 59.8 cm³/mol. The van der Waals surface area contributed by atoms with Gasteiger partial charge in [-0.2, -0.15) is 0 Å². The molecule has 16 heavy (non-hydrogen) atoms. The van der Waals surface area contributed by atoms with Crippen LogP contribution in [0.1, 0.15) is 5.56 Å². The zero-order valence-corrected chi connectivity index (χ0v) is 8.83. The Bertz CT molecular complexity index is 388. The average Bonchev–Trinajstić information content (AvgIpc) is 2.39. The van der Waals surface area contributed by atoms with Crippen molar-refractivity contribution in [2.24, 2.45) is 10.9 Å². The van der Waals surface area contributed by atoms with Crippen molar-refractivity contribution in [2.75, 3.05) is 31.2 Å². The minimum absolute atomic E-state index is 0.0783. The predicted octanol–water partition coefficient (Wildman–Crippen LogP) is 0.0127. The highest BCUT2D eigenvalue weighted by Gasteiger charge is 2.17. The van der Waals surface area contributed by atoms with E-state index in [0.717, 1.165) is 18.9 Å². The van der Waals surface area contributed by atoms with Crippen LogP contribution in [0.2, 0.25) is 0 Å². The van der Waals surface area contributed by atoms with Crippen molar-refractivity contribution in [3.63, 3.8) is 0 Å². The molecule has 6 heteroatoms. The topological polar surface area (TPSA) is 84.0 Å². The number of rotatable bonds is 2. The number of ether oxygens (including phenoxy) is 1. The minimum atomic E-state index is 0.0783. The third-order valence-electron chi connectivity index (χ3n) is 2.48. The van der Waals surface area contributed by atoms with Gasteiger partial charge >= 0.3 is 0 Å². The molecule has 1 saturated heterocycles. The summed E-state index contributed by atoms with van der Waals surface area (Å²) in [5.74, 6) is 0.815. The molecule has 0 spiro atoms. The largest absolute Gasteiger partial charge is 0.409 e. The van der Waals surface area contributed by atoms with Gasteiger partial charge in [0.05, 0.1) is 18.8 Å². The molecule has 2 rings (SSSR count). The first kappa shape index (κ1) is 10.7. The summed E-state index contributed by atoms with van der Waals surface area (Å²) in [6, 6.07) is 3.55. The molecule has 1 aromatic rings. The second kappa shape index (κ2) is 4.80. The number of amidine groups is 1. The Morgan fingerprint density at radius 2 is 2.25 bits per heavy atom. The molecular weight excluding hydrogens is 208 g/mol. The van der Waals surface area contributed by atoms with Crippen molar-refractivity contribution in [1.82, 2.24) is 4.98 Å². The van der Waals surface area contributed by atoms with Gasteiger partial charge in [-0.15, -0.1) is 0 Å².